The van der Waals surface area contributed by atoms with Crippen LogP contribution in [0.4, 0.5) is 5.82 Å². The molecule has 1 fully saturated rings. The van der Waals surface area contributed by atoms with Gasteiger partial charge < -0.3 is 15.6 Å². The minimum Gasteiger partial charge on any atom is -0.353 e. The molecule has 0 spiro atoms. The fourth-order valence-corrected chi connectivity index (χ4v) is 2.21. The number of piperazine rings is 1. The van der Waals surface area contributed by atoms with Crippen LogP contribution in [-0.2, 0) is 4.79 Å². The van der Waals surface area contributed by atoms with E-state index in [1.54, 1.807) is 23.2 Å². The van der Waals surface area contributed by atoms with Crippen molar-refractivity contribution in [1.29, 1.82) is 0 Å². The highest BCUT2D eigenvalue weighted by atomic mass is 16.2. The van der Waals surface area contributed by atoms with Gasteiger partial charge in [0.15, 0.2) is 5.82 Å². The molecule has 0 saturated carbocycles. The molecule has 102 valence electrons. The van der Waals surface area contributed by atoms with Crippen LogP contribution >= 0.6 is 0 Å². The molecule has 1 saturated heterocycles. The summed E-state index contributed by atoms with van der Waals surface area (Å²) in [5.41, 5.74) is 2.77. The second-order valence-electron chi connectivity index (χ2n) is 4.26. The molecule has 7 nitrogen and oxygen atoms in total. The number of carbonyl (C=O) groups excluding carboxylic acids is 2. The maximum atomic E-state index is 12.5. The molecule has 0 aliphatic carbocycles. The normalized spacial score (nSPS) is 18.9. The van der Waals surface area contributed by atoms with E-state index < -0.39 is 6.04 Å². The van der Waals surface area contributed by atoms with E-state index in [4.69, 9.17) is 5.84 Å². The molecule has 4 N–H and O–H groups in total. The van der Waals surface area contributed by atoms with Gasteiger partial charge in [0.05, 0.1) is 5.56 Å². The number of aromatic nitrogens is 1. The molecule has 2 rings (SSSR count). The van der Waals surface area contributed by atoms with Crippen molar-refractivity contribution in [2.75, 3.05) is 18.5 Å². The van der Waals surface area contributed by atoms with E-state index >= 15 is 0 Å². The summed E-state index contributed by atoms with van der Waals surface area (Å²) in [4.78, 5) is 29.8. The second kappa shape index (κ2) is 5.66. The van der Waals surface area contributed by atoms with Crippen LogP contribution in [0.25, 0.3) is 0 Å². The highest BCUT2D eigenvalue weighted by Gasteiger charge is 2.33. The highest BCUT2D eigenvalue weighted by molar-refractivity contribution is 6.01. The summed E-state index contributed by atoms with van der Waals surface area (Å²) in [6.45, 7) is 2.83. The number of hydrazine groups is 1. The van der Waals surface area contributed by atoms with Gasteiger partial charge in [0.2, 0.25) is 5.91 Å². The summed E-state index contributed by atoms with van der Waals surface area (Å²) in [6, 6.07) is 2.87. The van der Waals surface area contributed by atoms with Gasteiger partial charge in [-0.2, -0.15) is 0 Å². The Balaban J connectivity index is 2.29. The number of amides is 2. The van der Waals surface area contributed by atoms with Gasteiger partial charge in [-0.25, -0.2) is 10.8 Å². The van der Waals surface area contributed by atoms with E-state index in [1.165, 1.54) is 0 Å². The van der Waals surface area contributed by atoms with Crippen molar-refractivity contribution in [1.82, 2.24) is 15.2 Å². The van der Waals surface area contributed by atoms with Crippen LogP contribution in [0, 0.1) is 0 Å². The van der Waals surface area contributed by atoms with Crippen molar-refractivity contribution in [2.24, 2.45) is 5.84 Å². The van der Waals surface area contributed by atoms with Crippen LogP contribution in [0.5, 0.6) is 0 Å². The number of nitrogens with two attached hydrogens (primary N) is 1. The monoisotopic (exact) mass is 263 g/mol. The Labute approximate surface area is 111 Å². The molecule has 1 unspecified atom stereocenters. The maximum absolute atomic E-state index is 12.5. The fraction of sp³-hybridized carbons (Fsp3) is 0.417. The van der Waals surface area contributed by atoms with Gasteiger partial charge in [0, 0.05) is 19.3 Å². The average molecular weight is 263 g/mol. The van der Waals surface area contributed by atoms with Crippen molar-refractivity contribution in [3.05, 3.63) is 23.9 Å². The summed E-state index contributed by atoms with van der Waals surface area (Å²) in [5, 5.41) is 2.76. The van der Waals surface area contributed by atoms with Gasteiger partial charge in [0.25, 0.3) is 5.91 Å². The van der Waals surface area contributed by atoms with Crippen LogP contribution in [0.1, 0.15) is 23.7 Å². The Bertz CT molecular complexity index is 491. The minimum atomic E-state index is -0.438. The van der Waals surface area contributed by atoms with Crippen LogP contribution in [-0.4, -0.2) is 40.8 Å². The predicted octanol–water partition coefficient (Wildman–Crippen LogP) is -0.282. The molecule has 1 aliphatic rings. The number of nitrogens with zero attached hydrogens (tertiary/aromatic N) is 2. The lowest BCUT2D eigenvalue weighted by atomic mass is 10.1. The van der Waals surface area contributed by atoms with Crippen molar-refractivity contribution >= 4 is 17.6 Å². The molecule has 0 aromatic carbocycles. The highest BCUT2D eigenvalue weighted by Crippen LogP contribution is 2.17. The van der Waals surface area contributed by atoms with Crippen molar-refractivity contribution in [3.8, 4) is 0 Å². The zero-order chi connectivity index (χ0) is 13.8. The zero-order valence-electron chi connectivity index (χ0n) is 10.7. The van der Waals surface area contributed by atoms with Gasteiger partial charge in [-0.3, -0.25) is 9.59 Å². The second-order valence-corrected chi connectivity index (χ2v) is 4.26. The number of carbonyl (C=O) groups is 2. The molecule has 2 amide bonds. The van der Waals surface area contributed by atoms with E-state index in [1.807, 2.05) is 6.92 Å². The van der Waals surface area contributed by atoms with Crippen LogP contribution in [0.15, 0.2) is 18.3 Å². The van der Waals surface area contributed by atoms with Crippen LogP contribution < -0.4 is 16.6 Å². The van der Waals surface area contributed by atoms with E-state index in [0.717, 1.165) is 0 Å². The van der Waals surface area contributed by atoms with Crippen molar-refractivity contribution < 1.29 is 9.59 Å². The Hall–Kier alpha value is -2.15. The third-order valence-corrected chi connectivity index (χ3v) is 3.15. The van der Waals surface area contributed by atoms with Gasteiger partial charge >= 0.3 is 0 Å². The number of hydrogen-bond acceptors (Lipinski definition) is 5. The molecule has 0 radical (unpaired) electrons. The van der Waals surface area contributed by atoms with E-state index in [0.29, 0.717) is 30.9 Å². The van der Waals surface area contributed by atoms with E-state index in [-0.39, 0.29) is 11.8 Å². The number of hydrogen-bond donors (Lipinski definition) is 3. The van der Waals surface area contributed by atoms with Crippen molar-refractivity contribution in [3.63, 3.8) is 0 Å². The Kier molecular flexibility index (Phi) is 3.96. The Morgan fingerprint density at radius 2 is 2.47 bits per heavy atom. The maximum Gasteiger partial charge on any atom is 0.258 e. The summed E-state index contributed by atoms with van der Waals surface area (Å²) in [7, 11) is 0. The zero-order valence-corrected chi connectivity index (χ0v) is 10.7. The third kappa shape index (κ3) is 2.50. The number of anilines is 1. The SMILES string of the molecule is CCC1C(=O)NCCN1C(=O)c1cccnc1NN. The van der Waals surface area contributed by atoms with Crippen LogP contribution in [0.3, 0.4) is 0 Å². The van der Waals surface area contributed by atoms with Crippen molar-refractivity contribution in [2.45, 2.75) is 19.4 Å². The quantitative estimate of drug-likeness (QED) is 0.514. The Morgan fingerprint density at radius 1 is 1.68 bits per heavy atom. The summed E-state index contributed by atoms with van der Waals surface area (Å²) >= 11 is 0. The minimum absolute atomic E-state index is 0.117. The number of rotatable bonds is 3. The first-order valence-corrected chi connectivity index (χ1v) is 6.19. The summed E-state index contributed by atoms with van der Waals surface area (Å²) in [6.07, 6.45) is 2.12. The molecule has 1 atom stereocenters. The molecule has 1 aromatic heterocycles. The van der Waals surface area contributed by atoms with Gasteiger partial charge in [0.1, 0.15) is 6.04 Å². The van der Waals surface area contributed by atoms with E-state index in [2.05, 4.69) is 15.7 Å². The largest absolute Gasteiger partial charge is 0.353 e. The smallest absolute Gasteiger partial charge is 0.258 e. The third-order valence-electron chi connectivity index (χ3n) is 3.15. The number of nitrogens with one attached hydrogen (secondary N) is 2. The first-order chi connectivity index (χ1) is 9.19. The standard InChI is InChI=1S/C12H17N5O2/c1-2-9-11(18)15-6-7-17(9)12(19)8-4-3-5-14-10(8)16-13/h3-5,9H,2,6-7,13H2,1H3,(H,14,16)(H,15,18). The van der Waals surface area contributed by atoms with Gasteiger partial charge in [-0.1, -0.05) is 6.92 Å². The van der Waals surface area contributed by atoms with Gasteiger partial charge in [-0.05, 0) is 18.6 Å². The van der Waals surface area contributed by atoms with Gasteiger partial charge in [-0.15, -0.1) is 0 Å². The molecule has 7 heteroatoms. The number of nitrogen functional groups attached to an aromatic ring is 1. The lowest BCUT2D eigenvalue weighted by Gasteiger charge is -2.34. The predicted molar refractivity (Wildman–Crippen MR) is 70.2 cm³/mol. The molecule has 2 heterocycles. The molecule has 1 aliphatic heterocycles. The van der Waals surface area contributed by atoms with E-state index in [9.17, 15) is 9.59 Å². The van der Waals surface area contributed by atoms with Crippen LogP contribution in [0.2, 0.25) is 0 Å². The molecule has 19 heavy (non-hydrogen) atoms. The molecular weight excluding hydrogens is 246 g/mol. The summed E-state index contributed by atoms with van der Waals surface area (Å²) < 4.78 is 0. The average Bonchev–Trinajstić information content (AvgIpc) is 2.46. The molecule has 1 aromatic rings. The fourth-order valence-electron chi connectivity index (χ4n) is 2.21. The first-order valence-electron chi connectivity index (χ1n) is 6.19. The lowest BCUT2D eigenvalue weighted by molar-refractivity contribution is -0.127. The molecule has 0 bridgehead atoms. The summed E-state index contributed by atoms with van der Waals surface area (Å²) in [5.74, 6) is 5.31. The lowest BCUT2D eigenvalue weighted by Crippen LogP contribution is -2.57. The Morgan fingerprint density at radius 3 is 3.16 bits per heavy atom. The number of pyridine rings is 1. The topological polar surface area (TPSA) is 100 Å². The first kappa shape index (κ1) is 13.3. The molecular formula is C12H17N5O2.